The molecule has 0 aromatic carbocycles. The number of nitrogens with zero attached hydrogens (tertiary/aromatic N) is 1. The van der Waals surface area contributed by atoms with E-state index in [0.29, 0.717) is 19.3 Å². The first-order valence-corrected chi connectivity index (χ1v) is 7.49. The molecule has 0 aromatic rings. The molecular weight excluding hydrogens is 302 g/mol. The van der Waals surface area contributed by atoms with Crippen molar-refractivity contribution >= 4 is 29.5 Å². The molecule has 0 spiro atoms. The van der Waals surface area contributed by atoms with Crippen molar-refractivity contribution in [2.45, 2.75) is 45.6 Å². The van der Waals surface area contributed by atoms with Crippen LogP contribution in [0.15, 0.2) is 12.2 Å². The van der Waals surface area contributed by atoms with E-state index in [1.807, 2.05) is 0 Å². The highest BCUT2D eigenvalue weighted by molar-refractivity contribution is 6.12. The minimum atomic E-state index is -0.811. The Morgan fingerprint density at radius 2 is 1.74 bits per heavy atom. The van der Waals surface area contributed by atoms with Gasteiger partial charge in [-0.25, -0.2) is 0 Å². The van der Waals surface area contributed by atoms with Crippen molar-refractivity contribution in [3.63, 3.8) is 0 Å². The van der Waals surface area contributed by atoms with Crippen LogP contribution < -0.4 is 10.6 Å². The second kappa shape index (κ2) is 8.82. The van der Waals surface area contributed by atoms with Gasteiger partial charge in [-0.3, -0.25) is 34.2 Å². The van der Waals surface area contributed by atoms with Gasteiger partial charge in [0.05, 0.1) is 0 Å². The number of carbonyl (C=O) groups excluding carboxylic acids is 5. The fourth-order valence-electron chi connectivity index (χ4n) is 2.10. The average Bonchev–Trinajstić information content (AvgIpc) is 2.80. The van der Waals surface area contributed by atoms with Gasteiger partial charge >= 0.3 is 0 Å². The molecular formula is C15H21N3O5. The summed E-state index contributed by atoms with van der Waals surface area (Å²) in [6, 6.07) is -0.811. The van der Waals surface area contributed by atoms with Gasteiger partial charge in [-0.15, -0.1) is 0 Å². The van der Waals surface area contributed by atoms with Crippen molar-refractivity contribution < 1.29 is 24.0 Å². The minimum absolute atomic E-state index is 0.228. The number of nitrogens with one attached hydrogen (secondary N) is 2. The monoisotopic (exact) mass is 323 g/mol. The zero-order valence-corrected chi connectivity index (χ0v) is 13.3. The first-order chi connectivity index (χ1) is 10.8. The molecule has 8 nitrogen and oxygen atoms in total. The Bertz CT molecular complexity index is 523. The molecule has 0 aromatic heterocycles. The van der Waals surface area contributed by atoms with Crippen molar-refractivity contribution in [2.24, 2.45) is 0 Å². The van der Waals surface area contributed by atoms with Crippen LogP contribution in [0.4, 0.5) is 0 Å². The van der Waals surface area contributed by atoms with Crippen LogP contribution in [0.5, 0.6) is 0 Å². The Kier molecular flexibility index (Phi) is 7.11. The van der Waals surface area contributed by atoms with Crippen LogP contribution in [0.2, 0.25) is 0 Å². The highest BCUT2D eigenvalue weighted by Gasteiger charge is 2.24. The van der Waals surface area contributed by atoms with Gasteiger partial charge in [-0.1, -0.05) is 6.92 Å². The van der Waals surface area contributed by atoms with Crippen LogP contribution in [0.25, 0.3) is 0 Å². The summed E-state index contributed by atoms with van der Waals surface area (Å²) in [5.41, 5.74) is 0. The van der Waals surface area contributed by atoms with Gasteiger partial charge in [-0.05, 0) is 19.3 Å². The van der Waals surface area contributed by atoms with Crippen LogP contribution in [-0.2, 0) is 24.0 Å². The lowest BCUT2D eigenvalue weighted by atomic mass is 10.1. The maximum atomic E-state index is 11.9. The number of imide groups is 2. The molecule has 1 unspecified atom stereocenters. The van der Waals surface area contributed by atoms with Gasteiger partial charge < -0.3 is 5.32 Å². The topological polar surface area (TPSA) is 113 Å². The zero-order chi connectivity index (χ0) is 17.4. The number of amides is 5. The third-order valence-electron chi connectivity index (χ3n) is 3.30. The molecule has 5 amide bonds. The first kappa shape index (κ1) is 18.5. The van der Waals surface area contributed by atoms with Gasteiger partial charge in [-0.2, -0.15) is 0 Å². The predicted octanol–water partition coefficient (Wildman–Crippen LogP) is -0.361. The first-order valence-electron chi connectivity index (χ1n) is 7.49. The van der Waals surface area contributed by atoms with E-state index in [1.165, 1.54) is 19.1 Å². The molecule has 0 fully saturated rings. The molecule has 0 bridgehead atoms. The zero-order valence-electron chi connectivity index (χ0n) is 13.3. The lowest BCUT2D eigenvalue weighted by Crippen LogP contribution is -2.47. The van der Waals surface area contributed by atoms with Gasteiger partial charge in [0.1, 0.15) is 6.04 Å². The Balaban J connectivity index is 2.45. The third kappa shape index (κ3) is 6.01. The van der Waals surface area contributed by atoms with Crippen molar-refractivity contribution in [3.8, 4) is 0 Å². The summed E-state index contributed by atoms with van der Waals surface area (Å²) in [7, 11) is 0. The largest absolute Gasteiger partial charge is 0.344 e. The number of hydrogen-bond donors (Lipinski definition) is 2. The summed E-state index contributed by atoms with van der Waals surface area (Å²) in [5.74, 6) is -2.04. The van der Waals surface area contributed by atoms with Gasteiger partial charge in [0.25, 0.3) is 11.8 Å². The summed E-state index contributed by atoms with van der Waals surface area (Å²) in [5, 5.41) is 4.70. The molecule has 2 N–H and O–H groups in total. The van der Waals surface area contributed by atoms with Crippen LogP contribution in [-0.4, -0.2) is 47.0 Å². The smallest absolute Gasteiger partial charge is 0.253 e. The SMILES string of the molecule is CCC(=O)NC(CCCCN1C(=O)C=CC1=O)C(=O)NC(C)=O. The van der Waals surface area contributed by atoms with Crippen molar-refractivity contribution in [2.75, 3.05) is 6.54 Å². The highest BCUT2D eigenvalue weighted by Crippen LogP contribution is 2.08. The fraction of sp³-hybridized carbons (Fsp3) is 0.533. The van der Waals surface area contributed by atoms with Crippen LogP contribution >= 0.6 is 0 Å². The molecule has 0 saturated carbocycles. The molecule has 1 rings (SSSR count). The van der Waals surface area contributed by atoms with Crippen LogP contribution in [0.1, 0.15) is 39.5 Å². The second-order valence-corrected chi connectivity index (χ2v) is 5.18. The molecule has 126 valence electrons. The second-order valence-electron chi connectivity index (χ2n) is 5.18. The molecule has 1 atom stereocenters. The summed E-state index contributed by atoms with van der Waals surface area (Å²) in [6.07, 6.45) is 3.99. The lowest BCUT2D eigenvalue weighted by Gasteiger charge is -2.18. The number of rotatable bonds is 8. The quantitative estimate of drug-likeness (QED) is 0.468. The van der Waals surface area contributed by atoms with Crippen LogP contribution in [0, 0.1) is 0 Å². The van der Waals surface area contributed by atoms with Gasteiger partial charge in [0, 0.05) is 32.0 Å². The summed E-state index contributed by atoms with van der Waals surface area (Å²) in [6.45, 7) is 3.13. The number of unbranched alkanes of at least 4 members (excludes halogenated alkanes) is 1. The van der Waals surface area contributed by atoms with E-state index in [4.69, 9.17) is 0 Å². The summed E-state index contributed by atoms with van der Waals surface area (Å²) < 4.78 is 0. The standard InChI is InChI=1S/C15H21N3O5/c1-3-12(20)17-11(15(23)16-10(2)19)6-4-5-9-18-13(21)7-8-14(18)22/h7-8,11H,3-6,9H2,1-2H3,(H,17,20)(H,16,19,23). The van der Waals surface area contributed by atoms with E-state index in [1.54, 1.807) is 6.92 Å². The van der Waals surface area contributed by atoms with E-state index >= 15 is 0 Å². The van der Waals surface area contributed by atoms with E-state index in [0.717, 1.165) is 4.90 Å². The van der Waals surface area contributed by atoms with E-state index < -0.39 is 17.9 Å². The Morgan fingerprint density at radius 1 is 1.13 bits per heavy atom. The molecule has 1 aliphatic heterocycles. The normalized spacial score (nSPS) is 14.8. The van der Waals surface area contributed by atoms with Crippen molar-refractivity contribution in [1.29, 1.82) is 0 Å². The maximum absolute atomic E-state index is 11.9. The van der Waals surface area contributed by atoms with Gasteiger partial charge in [0.2, 0.25) is 17.7 Å². The van der Waals surface area contributed by atoms with E-state index in [2.05, 4.69) is 10.6 Å². The molecule has 0 radical (unpaired) electrons. The van der Waals surface area contributed by atoms with E-state index in [-0.39, 0.29) is 30.7 Å². The van der Waals surface area contributed by atoms with Crippen LogP contribution in [0.3, 0.4) is 0 Å². The lowest BCUT2D eigenvalue weighted by molar-refractivity contribution is -0.137. The number of carbonyl (C=O) groups is 5. The Morgan fingerprint density at radius 3 is 2.26 bits per heavy atom. The molecule has 0 aliphatic carbocycles. The van der Waals surface area contributed by atoms with Crippen molar-refractivity contribution in [3.05, 3.63) is 12.2 Å². The highest BCUT2D eigenvalue weighted by atomic mass is 16.2. The molecule has 23 heavy (non-hydrogen) atoms. The summed E-state index contributed by atoms with van der Waals surface area (Å²) in [4.78, 5) is 58.2. The van der Waals surface area contributed by atoms with Crippen molar-refractivity contribution in [1.82, 2.24) is 15.5 Å². The average molecular weight is 323 g/mol. The third-order valence-corrected chi connectivity index (χ3v) is 3.30. The molecule has 1 heterocycles. The Labute approximate surface area is 134 Å². The number of hydrogen-bond acceptors (Lipinski definition) is 5. The Hall–Kier alpha value is -2.51. The summed E-state index contributed by atoms with van der Waals surface area (Å²) >= 11 is 0. The van der Waals surface area contributed by atoms with Gasteiger partial charge in [0.15, 0.2) is 0 Å². The maximum Gasteiger partial charge on any atom is 0.253 e. The minimum Gasteiger partial charge on any atom is -0.344 e. The molecule has 8 heteroatoms. The molecule has 1 aliphatic rings. The van der Waals surface area contributed by atoms with E-state index in [9.17, 15) is 24.0 Å². The molecule has 0 saturated heterocycles. The fourth-order valence-corrected chi connectivity index (χ4v) is 2.10. The predicted molar refractivity (Wildman–Crippen MR) is 80.8 cm³/mol.